The SMILES string of the molecule is C=C1C(=O)C[C@H]2C(=C)C(=O)O[C@@H]2/C=C(/COC(=O)CC(C)C)CC[C@H]1OC. The molecule has 0 spiro atoms. The maximum Gasteiger partial charge on any atom is 0.334 e. The molecule has 1 aliphatic carbocycles. The van der Waals surface area contributed by atoms with Crippen molar-refractivity contribution in [2.75, 3.05) is 13.7 Å². The maximum absolute atomic E-state index is 12.5. The van der Waals surface area contributed by atoms with Gasteiger partial charge in [-0.1, -0.05) is 27.0 Å². The number of ketones is 1. The molecule has 6 heteroatoms. The molecule has 1 aliphatic heterocycles. The second-order valence-electron chi connectivity index (χ2n) is 7.50. The molecule has 0 bridgehead atoms. The number of carbonyl (C=O) groups excluding carboxylic acids is 3. The number of hydrogen-bond acceptors (Lipinski definition) is 6. The zero-order chi connectivity index (χ0) is 20.1. The van der Waals surface area contributed by atoms with Gasteiger partial charge in [0.25, 0.3) is 0 Å². The molecule has 0 saturated carbocycles. The van der Waals surface area contributed by atoms with Crippen LogP contribution in [0.15, 0.2) is 36.0 Å². The van der Waals surface area contributed by atoms with Crippen molar-refractivity contribution in [3.05, 3.63) is 36.0 Å². The lowest BCUT2D eigenvalue weighted by molar-refractivity contribution is -0.143. The van der Waals surface area contributed by atoms with Gasteiger partial charge in [0, 0.05) is 37.0 Å². The summed E-state index contributed by atoms with van der Waals surface area (Å²) in [4.78, 5) is 36.4. The average Bonchev–Trinajstić information content (AvgIpc) is 2.86. The third-order valence-electron chi connectivity index (χ3n) is 4.91. The lowest BCUT2D eigenvalue weighted by atomic mass is 9.85. The largest absolute Gasteiger partial charge is 0.461 e. The molecule has 0 aromatic carbocycles. The molecule has 27 heavy (non-hydrogen) atoms. The van der Waals surface area contributed by atoms with E-state index >= 15 is 0 Å². The van der Waals surface area contributed by atoms with Crippen molar-refractivity contribution in [2.24, 2.45) is 11.8 Å². The van der Waals surface area contributed by atoms with E-state index < -0.39 is 24.1 Å². The average molecular weight is 376 g/mol. The summed E-state index contributed by atoms with van der Waals surface area (Å²) in [7, 11) is 1.53. The fourth-order valence-electron chi connectivity index (χ4n) is 3.28. The van der Waals surface area contributed by atoms with E-state index in [9.17, 15) is 14.4 Å². The van der Waals surface area contributed by atoms with Gasteiger partial charge in [-0.25, -0.2) is 4.79 Å². The Morgan fingerprint density at radius 1 is 1.30 bits per heavy atom. The van der Waals surface area contributed by atoms with Crippen molar-refractivity contribution in [1.82, 2.24) is 0 Å². The number of ether oxygens (including phenoxy) is 3. The third kappa shape index (κ3) is 5.39. The Balaban J connectivity index is 2.23. The quantitative estimate of drug-likeness (QED) is 0.417. The lowest BCUT2D eigenvalue weighted by Crippen LogP contribution is -2.26. The molecule has 0 radical (unpaired) electrons. The van der Waals surface area contributed by atoms with Gasteiger partial charge in [-0.05, 0) is 30.4 Å². The Kier molecular flexibility index (Phi) is 7.13. The fourth-order valence-corrected chi connectivity index (χ4v) is 3.28. The van der Waals surface area contributed by atoms with Gasteiger partial charge in [0.15, 0.2) is 5.78 Å². The van der Waals surface area contributed by atoms with Crippen molar-refractivity contribution >= 4 is 17.7 Å². The van der Waals surface area contributed by atoms with E-state index in [1.165, 1.54) is 7.11 Å². The van der Waals surface area contributed by atoms with Gasteiger partial charge in [-0.3, -0.25) is 9.59 Å². The van der Waals surface area contributed by atoms with Crippen LogP contribution in [0, 0.1) is 11.8 Å². The molecular weight excluding hydrogens is 348 g/mol. The number of rotatable bonds is 5. The summed E-state index contributed by atoms with van der Waals surface area (Å²) in [6.07, 6.45) is 2.28. The van der Waals surface area contributed by atoms with E-state index in [1.54, 1.807) is 6.08 Å². The van der Waals surface area contributed by atoms with Gasteiger partial charge in [0.05, 0.1) is 6.10 Å². The first-order valence-electron chi connectivity index (χ1n) is 9.22. The Hall–Kier alpha value is -2.21. The summed E-state index contributed by atoms with van der Waals surface area (Å²) in [5.74, 6) is -1.16. The van der Waals surface area contributed by atoms with E-state index in [-0.39, 0.29) is 36.3 Å². The van der Waals surface area contributed by atoms with Crippen LogP contribution >= 0.6 is 0 Å². The van der Waals surface area contributed by atoms with Crippen molar-refractivity contribution in [3.8, 4) is 0 Å². The number of carbonyl (C=O) groups is 3. The monoisotopic (exact) mass is 376 g/mol. The molecule has 0 unspecified atom stereocenters. The summed E-state index contributed by atoms with van der Waals surface area (Å²) in [6, 6.07) is 0. The predicted molar refractivity (Wildman–Crippen MR) is 99.8 cm³/mol. The summed E-state index contributed by atoms with van der Waals surface area (Å²) in [6.45, 7) is 11.7. The highest BCUT2D eigenvalue weighted by Crippen LogP contribution is 2.34. The Morgan fingerprint density at radius 3 is 2.63 bits per heavy atom. The van der Waals surface area contributed by atoms with Gasteiger partial charge in [-0.15, -0.1) is 0 Å². The maximum atomic E-state index is 12.5. The molecule has 3 atom stereocenters. The molecule has 1 saturated heterocycles. The standard InChI is InChI=1S/C21H28O6/c1-12(2)8-20(23)26-11-15-6-7-18(25-5)14(4)17(22)10-16-13(3)21(24)27-19(16)9-15/h9,12,16,18-19H,3-4,6-8,10-11H2,1-2,5H3/b15-9+/t16-,18+,19+/m0/s1. The van der Waals surface area contributed by atoms with Crippen LogP contribution in [0.5, 0.6) is 0 Å². The van der Waals surface area contributed by atoms with Crippen LogP contribution in [0.4, 0.5) is 0 Å². The second kappa shape index (κ2) is 9.13. The summed E-state index contributed by atoms with van der Waals surface area (Å²) in [5, 5.41) is 0. The zero-order valence-electron chi connectivity index (χ0n) is 16.3. The molecular formula is C21H28O6. The van der Waals surface area contributed by atoms with Crippen LogP contribution in [-0.4, -0.2) is 43.6 Å². The van der Waals surface area contributed by atoms with Gasteiger partial charge in [0.1, 0.15) is 12.7 Å². The van der Waals surface area contributed by atoms with E-state index in [2.05, 4.69) is 13.2 Å². The molecule has 0 aromatic heterocycles. The summed E-state index contributed by atoms with van der Waals surface area (Å²) in [5.41, 5.74) is 1.48. The van der Waals surface area contributed by atoms with Gasteiger partial charge < -0.3 is 14.2 Å². The van der Waals surface area contributed by atoms with Crippen LogP contribution in [-0.2, 0) is 28.6 Å². The number of hydrogen-bond donors (Lipinski definition) is 0. The number of fused-ring (bicyclic) bond motifs is 1. The molecule has 0 amide bonds. The minimum absolute atomic E-state index is 0.0881. The van der Waals surface area contributed by atoms with Crippen molar-refractivity contribution in [1.29, 1.82) is 0 Å². The first-order valence-corrected chi connectivity index (χ1v) is 9.22. The van der Waals surface area contributed by atoms with Crippen LogP contribution in [0.1, 0.15) is 39.5 Å². The van der Waals surface area contributed by atoms with E-state index in [4.69, 9.17) is 14.2 Å². The zero-order valence-corrected chi connectivity index (χ0v) is 16.3. The van der Waals surface area contributed by atoms with Crippen molar-refractivity contribution in [2.45, 2.75) is 51.7 Å². The number of esters is 2. The van der Waals surface area contributed by atoms with E-state index in [0.717, 1.165) is 5.57 Å². The minimum atomic E-state index is -0.584. The first kappa shape index (κ1) is 21.1. The highest BCUT2D eigenvalue weighted by Gasteiger charge is 2.40. The second-order valence-corrected chi connectivity index (χ2v) is 7.50. The van der Waals surface area contributed by atoms with E-state index in [0.29, 0.717) is 24.8 Å². The highest BCUT2D eigenvalue weighted by molar-refractivity contribution is 5.98. The summed E-state index contributed by atoms with van der Waals surface area (Å²) < 4.78 is 16.2. The Morgan fingerprint density at radius 2 is 2.00 bits per heavy atom. The molecule has 2 rings (SSSR count). The smallest absolute Gasteiger partial charge is 0.334 e. The lowest BCUT2D eigenvalue weighted by Gasteiger charge is -2.23. The molecule has 2 aliphatic rings. The predicted octanol–water partition coefficient (Wildman–Crippen LogP) is 2.92. The highest BCUT2D eigenvalue weighted by atomic mass is 16.6. The topological polar surface area (TPSA) is 78.9 Å². The van der Waals surface area contributed by atoms with Gasteiger partial charge in [0.2, 0.25) is 0 Å². The van der Waals surface area contributed by atoms with Crippen LogP contribution < -0.4 is 0 Å². The molecule has 1 heterocycles. The van der Waals surface area contributed by atoms with Crippen LogP contribution in [0.3, 0.4) is 0 Å². The van der Waals surface area contributed by atoms with Gasteiger partial charge >= 0.3 is 11.9 Å². The van der Waals surface area contributed by atoms with Crippen molar-refractivity contribution < 1.29 is 28.6 Å². The molecule has 148 valence electrons. The summed E-state index contributed by atoms with van der Waals surface area (Å²) >= 11 is 0. The number of Topliss-reactive ketones (excluding diaryl/α,β-unsaturated/α-hetero) is 1. The fraction of sp³-hybridized carbons (Fsp3) is 0.571. The Bertz CT molecular complexity index is 672. The normalized spacial score (nSPS) is 28.4. The molecule has 6 nitrogen and oxygen atoms in total. The third-order valence-corrected chi connectivity index (χ3v) is 4.91. The van der Waals surface area contributed by atoms with Gasteiger partial charge in [-0.2, -0.15) is 0 Å². The van der Waals surface area contributed by atoms with Crippen LogP contribution in [0.2, 0.25) is 0 Å². The Labute approximate surface area is 160 Å². The molecule has 0 N–H and O–H groups in total. The first-order chi connectivity index (χ1) is 12.7. The van der Waals surface area contributed by atoms with E-state index in [1.807, 2.05) is 13.8 Å². The minimum Gasteiger partial charge on any atom is -0.461 e. The molecule has 1 fully saturated rings. The molecule has 0 aromatic rings. The van der Waals surface area contributed by atoms with Crippen LogP contribution in [0.25, 0.3) is 0 Å². The number of methoxy groups -OCH3 is 1. The van der Waals surface area contributed by atoms with Crippen molar-refractivity contribution in [3.63, 3.8) is 0 Å².